The van der Waals surface area contributed by atoms with Crippen molar-refractivity contribution in [3.05, 3.63) is 84.6 Å². The normalized spacial score (nSPS) is 10.4. The van der Waals surface area contributed by atoms with Crippen LogP contribution in [0.5, 0.6) is 0 Å². The van der Waals surface area contributed by atoms with Crippen LogP contribution >= 0.6 is 0 Å². The van der Waals surface area contributed by atoms with Crippen LogP contribution in [-0.2, 0) is 4.74 Å². The van der Waals surface area contributed by atoms with Crippen molar-refractivity contribution in [2.75, 3.05) is 17.2 Å². The van der Waals surface area contributed by atoms with E-state index in [1.807, 2.05) is 60.7 Å². The molecule has 32 heavy (non-hydrogen) atoms. The van der Waals surface area contributed by atoms with Gasteiger partial charge >= 0.3 is 5.97 Å². The summed E-state index contributed by atoms with van der Waals surface area (Å²) in [6.45, 7) is 3.80. The maximum Gasteiger partial charge on any atom is 0.343 e. The summed E-state index contributed by atoms with van der Waals surface area (Å²) in [5.74, 6) is 1.18. The molecule has 0 atom stereocenters. The van der Waals surface area contributed by atoms with Crippen LogP contribution in [0.3, 0.4) is 0 Å². The average molecular weight is 426 g/mol. The number of carbonyl (C=O) groups is 1. The molecule has 4 rings (SSSR count). The van der Waals surface area contributed by atoms with E-state index in [0.29, 0.717) is 17.5 Å². The Bertz CT molecular complexity index is 1210. The van der Waals surface area contributed by atoms with Crippen LogP contribution in [0.15, 0.2) is 73.2 Å². The third-order valence-corrected chi connectivity index (χ3v) is 4.56. The van der Waals surface area contributed by atoms with E-state index in [1.54, 1.807) is 13.8 Å². The highest BCUT2D eigenvalue weighted by Crippen LogP contribution is 2.24. The number of nitrogens with zero attached hydrogens (tertiary/aromatic N) is 4. The second-order valence-corrected chi connectivity index (χ2v) is 6.88. The number of nitrogens with one attached hydrogen (secondary N) is 2. The summed E-state index contributed by atoms with van der Waals surface area (Å²) in [6.07, 6.45) is 3.01. The molecule has 8 nitrogen and oxygen atoms in total. The van der Waals surface area contributed by atoms with E-state index in [9.17, 15) is 4.79 Å². The van der Waals surface area contributed by atoms with Crippen LogP contribution < -0.4 is 10.6 Å². The Hall–Kier alpha value is -4.33. The summed E-state index contributed by atoms with van der Waals surface area (Å²) in [6, 6.07) is 19.4. The molecule has 8 heteroatoms. The highest BCUT2D eigenvalue weighted by Gasteiger charge is 2.15. The molecule has 4 aromatic rings. The number of aromatic nitrogens is 4. The minimum Gasteiger partial charge on any atom is -0.462 e. The van der Waals surface area contributed by atoms with Gasteiger partial charge in [0.15, 0.2) is 0 Å². The van der Waals surface area contributed by atoms with Gasteiger partial charge in [0, 0.05) is 29.2 Å². The molecule has 0 saturated carbocycles. The first kappa shape index (κ1) is 20.9. The van der Waals surface area contributed by atoms with Crippen molar-refractivity contribution in [3.63, 3.8) is 0 Å². The van der Waals surface area contributed by atoms with Crippen molar-refractivity contribution in [2.24, 2.45) is 0 Å². The molecule has 160 valence electrons. The molecular weight excluding hydrogens is 404 g/mol. The Balaban J connectivity index is 1.49. The number of carbonyl (C=O) groups excluding carboxylic acids is 1. The lowest BCUT2D eigenvalue weighted by Gasteiger charge is -2.12. The number of hydrogen-bond donors (Lipinski definition) is 2. The van der Waals surface area contributed by atoms with Gasteiger partial charge in [0.25, 0.3) is 0 Å². The molecule has 0 aliphatic carbocycles. The monoisotopic (exact) mass is 426 g/mol. The van der Waals surface area contributed by atoms with Crippen LogP contribution in [0.2, 0.25) is 0 Å². The Morgan fingerprint density at radius 1 is 0.938 bits per heavy atom. The van der Waals surface area contributed by atoms with Crippen molar-refractivity contribution in [1.29, 1.82) is 0 Å². The summed E-state index contributed by atoms with van der Waals surface area (Å²) in [5, 5.41) is 6.45. The van der Waals surface area contributed by atoms with Crippen LogP contribution in [0, 0.1) is 6.92 Å². The van der Waals surface area contributed by atoms with E-state index >= 15 is 0 Å². The third-order valence-electron chi connectivity index (χ3n) is 4.56. The minimum atomic E-state index is -0.466. The number of ether oxygens (including phenoxy) is 1. The number of rotatable bonds is 7. The number of aryl methyl sites for hydroxylation is 1. The fraction of sp³-hybridized carbons (Fsp3) is 0.125. The van der Waals surface area contributed by atoms with Crippen molar-refractivity contribution in [2.45, 2.75) is 13.8 Å². The van der Waals surface area contributed by atoms with Gasteiger partial charge in [-0.15, -0.1) is 0 Å². The first-order valence-electron chi connectivity index (χ1n) is 10.1. The van der Waals surface area contributed by atoms with E-state index in [1.165, 1.54) is 12.5 Å². The van der Waals surface area contributed by atoms with Crippen LogP contribution in [-0.4, -0.2) is 32.5 Å². The van der Waals surface area contributed by atoms with Crippen molar-refractivity contribution < 1.29 is 9.53 Å². The summed E-state index contributed by atoms with van der Waals surface area (Å²) in [4.78, 5) is 29.3. The number of hydrogen-bond acceptors (Lipinski definition) is 8. The van der Waals surface area contributed by atoms with E-state index in [-0.39, 0.29) is 12.2 Å². The summed E-state index contributed by atoms with van der Waals surface area (Å²) in [5.41, 5.74) is 3.78. The van der Waals surface area contributed by atoms with Gasteiger partial charge in [0.1, 0.15) is 29.4 Å². The maximum absolute atomic E-state index is 12.2. The standard InChI is InChI=1S/C24H22N6O2/c1-3-32-24(31)20-14-25-16(2)28-23(20)30-19-11-9-18(10-12-19)29-22-13-21(26-15-27-22)17-7-5-4-6-8-17/h4-15H,3H2,1-2H3,(H,25,28,30)(H,26,27,29). The molecule has 2 aromatic carbocycles. The lowest BCUT2D eigenvalue weighted by Crippen LogP contribution is -2.11. The van der Waals surface area contributed by atoms with E-state index in [4.69, 9.17) is 4.74 Å². The fourth-order valence-corrected chi connectivity index (χ4v) is 3.04. The van der Waals surface area contributed by atoms with E-state index < -0.39 is 5.97 Å². The van der Waals surface area contributed by atoms with Crippen molar-refractivity contribution >= 4 is 29.0 Å². The zero-order valence-corrected chi connectivity index (χ0v) is 17.7. The first-order valence-corrected chi connectivity index (χ1v) is 10.1. The molecule has 0 unspecified atom stereocenters. The van der Waals surface area contributed by atoms with Gasteiger partial charge in [0.05, 0.1) is 12.3 Å². The number of anilines is 4. The zero-order chi connectivity index (χ0) is 22.3. The largest absolute Gasteiger partial charge is 0.462 e. The van der Waals surface area contributed by atoms with Gasteiger partial charge < -0.3 is 15.4 Å². The minimum absolute atomic E-state index is 0.279. The van der Waals surface area contributed by atoms with Gasteiger partial charge in [0.2, 0.25) is 0 Å². The molecule has 0 fully saturated rings. The molecule has 2 N–H and O–H groups in total. The first-order chi connectivity index (χ1) is 15.6. The topological polar surface area (TPSA) is 102 Å². The number of benzene rings is 2. The fourth-order valence-electron chi connectivity index (χ4n) is 3.04. The number of esters is 1. The molecule has 0 aliphatic heterocycles. The quantitative estimate of drug-likeness (QED) is 0.402. The zero-order valence-electron chi connectivity index (χ0n) is 17.7. The predicted molar refractivity (Wildman–Crippen MR) is 123 cm³/mol. The Morgan fingerprint density at radius 2 is 1.66 bits per heavy atom. The summed E-state index contributed by atoms with van der Waals surface area (Å²) < 4.78 is 5.09. The molecule has 0 bridgehead atoms. The Kier molecular flexibility index (Phi) is 6.31. The van der Waals surface area contributed by atoms with Crippen LogP contribution in [0.4, 0.5) is 23.0 Å². The SMILES string of the molecule is CCOC(=O)c1cnc(C)nc1Nc1ccc(Nc2cc(-c3ccccc3)ncn2)cc1. The third kappa shape index (κ3) is 5.04. The summed E-state index contributed by atoms with van der Waals surface area (Å²) >= 11 is 0. The second kappa shape index (κ2) is 9.65. The molecule has 0 saturated heterocycles. The molecule has 0 aliphatic rings. The van der Waals surface area contributed by atoms with E-state index in [0.717, 1.165) is 22.6 Å². The molecule has 2 aromatic heterocycles. The Morgan fingerprint density at radius 3 is 2.38 bits per heavy atom. The van der Waals surface area contributed by atoms with Gasteiger partial charge in [-0.3, -0.25) is 0 Å². The van der Waals surface area contributed by atoms with E-state index in [2.05, 4.69) is 30.6 Å². The van der Waals surface area contributed by atoms with Crippen molar-refractivity contribution in [1.82, 2.24) is 19.9 Å². The molecule has 0 radical (unpaired) electrons. The molecule has 0 amide bonds. The van der Waals surface area contributed by atoms with Gasteiger partial charge in [-0.1, -0.05) is 30.3 Å². The van der Waals surface area contributed by atoms with Gasteiger partial charge in [-0.2, -0.15) is 0 Å². The van der Waals surface area contributed by atoms with Gasteiger partial charge in [-0.25, -0.2) is 24.7 Å². The Labute approximate surface area is 185 Å². The molecule has 0 spiro atoms. The highest BCUT2D eigenvalue weighted by atomic mass is 16.5. The second-order valence-electron chi connectivity index (χ2n) is 6.88. The van der Waals surface area contributed by atoms with Crippen LogP contribution in [0.25, 0.3) is 11.3 Å². The predicted octanol–water partition coefficient (Wildman–Crippen LogP) is 4.91. The lowest BCUT2D eigenvalue weighted by molar-refractivity contribution is 0.0526. The maximum atomic E-state index is 12.2. The van der Waals surface area contributed by atoms with Gasteiger partial charge in [-0.05, 0) is 38.1 Å². The average Bonchev–Trinajstić information content (AvgIpc) is 2.81. The lowest BCUT2D eigenvalue weighted by atomic mass is 10.1. The summed E-state index contributed by atoms with van der Waals surface area (Å²) in [7, 11) is 0. The molecule has 2 heterocycles. The smallest absolute Gasteiger partial charge is 0.343 e. The molecular formula is C24H22N6O2. The van der Waals surface area contributed by atoms with Crippen molar-refractivity contribution in [3.8, 4) is 11.3 Å². The van der Waals surface area contributed by atoms with Crippen LogP contribution in [0.1, 0.15) is 23.1 Å². The highest BCUT2D eigenvalue weighted by molar-refractivity contribution is 5.95.